The van der Waals surface area contributed by atoms with E-state index in [4.69, 9.17) is 24.4 Å². The van der Waals surface area contributed by atoms with Gasteiger partial charge in [-0.05, 0) is 86.0 Å². The van der Waals surface area contributed by atoms with Crippen molar-refractivity contribution in [2.24, 2.45) is 0 Å². The summed E-state index contributed by atoms with van der Waals surface area (Å²) in [6.07, 6.45) is 0. The molecule has 9 aromatic carbocycles. The monoisotopic (exact) mass is 807 g/mol. The van der Waals surface area contributed by atoms with Crippen molar-refractivity contribution < 1.29 is 9.47 Å². The van der Waals surface area contributed by atoms with E-state index in [0.29, 0.717) is 40.5 Å². The Bertz CT molecular complexity index is 3280. The maximum absolute atomic E-state index is 6.52. The minimum atomic E-state index is -0.658. The van der Waals surface area contributed by atoms with Gasteiger partial charge in [-0.2, -0.15) is 0 Å². The Balaban J connectivity index is 1.00. The molecule has 0 saturated carbocycles. The van der Waals surface area contributed by atoms with Crippen LogP contribution in [0, 0.1) is 0 Å². The summed E-state index contributed by atoms with van der Waals surface area (Å²) in [4.78, 5) is 15.5. The van der Waals surface area contributed by atoms with E-state index in [1.807, 2.05) is 42.5 Å². The molecule has 63 heavy (non-hydrogen) atoms. The number of fused-ring (bicyclic) bond motifs is 5. The molecule has 5 nitrogen and oxygen atoms in total. The van der Waals surface area contributed by atoms with Gasteiger partial charge in [0.15, 0.2) is 40.5 Å². The van der Waals surface area contributed by atoms with Crippen LogP contribution in [0.1, 0.15) is 22.3 Å². The molecule has 0 N–H and O–H groups in total. The predicted molar refractivity (Wildman–Crippen MR) is 251 cm³/mol. The van der Waals surface area contributed by atoms with Crippen molar-refractivity contribution in [1.82, 2.24) is 15.0 Å². The van der Waals surface area contributed by atoms with Gasteiger partial charge in [-0.25, -0.2) is 15.0 Å². The third-order valence-electron chi connectivity index (χ3n) is 12.3. The number of hydrogen-bond acceptors (Lipinski definition) is 5. The van der Waals surface area contributed by atoms with E-state index in [0.717, 1.165) is 50.1 Å². The van der Waals surface area contributed by atoms with Gasteiger partial charge < -0.3 is 9.47 Å². The number of rotatable bonds is 7. The molecule has 2 aliphatic rings. The number of aromatic nitrogens is 3. The topological polar surface area (TPSA) is 57.1 Å². The maximum Gasteiger partial charge on any atom is 0.170 e. The van der Waals surface area contributed by atoms with Crippen LogP contribution in [0.25, 0.3) is 67.5 Å². The lowest BCUT2D eigenvalue weighted by molar-refractivity contribution is 0.359. The highest BCUT2D eigenvalue weighted by molar-refractivity contribution is 5.87. The number of benzene rings is 9. The highest BCUT2D eigenvalue weighted by Gasteiger charge is 2.46. The van der Waals surface area contributed by atoms with Crippen LogP contribution in [-0.4, -0.2) is 15.0 Å². The molecule has 0 spiro atoms. The van der Waals surface area contributed by atoms with Crippen LogP contribution >= 0.6 is 0 Å². The fourth-order valence-electron chi connectivity index (χ4n) is 9.33. The standard InChI is InChI=1S/C58H37N3O2/c1-3-14-38(15-4-1)40-26-28-41(29-27-40)55-59-56(61-57(60-55)44-19-13-18-43(36-44)39-16-5-2-6-17-39)42-30-32-45(33-31-42)58(49-22-9-7-20-47(49)48-21-8-10-23-50(48)58)46-34-35-53-54(37-46)63-52-25-12-11-24-51(52)62-53/h1-37H. The van der Waals surface area contributed by atoms with Crippen LogP contribution in [0.5, 0.6) is 23.0 Å². The summed E-state index contributed by atoms with van der Waals surface area (Å²) in [5, 5.41) is 0. The lowest BCUT2D eigenvalue weighted by Crippen LogP contribution is -2.28. The molecule has 5 heteroatoms. The first kappa shape index (κ1) is 36.4. The lowest BCUT2D eigenvalue weighted by Gasteiger charge is -2.34. The number of para-hydroxylation sites is 2. The molecule has 10 aromatic rings. The average Bonchev–Trinajstić information content (AvgIpc) is 3.67. The second-order valence-electron chi connectivity index (χ2n) is 15.9. The Morgan fingerprint density at radius 2 is 0.683 bits per heavy atom. The van der Waals surface area contributed by atoms with E-state index in [9.17, 15) is 0 Å². The second kappa shape index (κ2) is 14.9. The van der Waals surface area contributed by atoms with Crippen molar-refractivity contribution >= 4 is 0 Å². The Morgan fingerprint density at radius 1 is 0.270 bits per heavy atom. The first-order valence-electron chi connectivity index (χ1n) is 21.2. The summed E-state index contributed by atoms with van der Waals surface area (Å²) in [6.45, 7) is 0. The molecule has 0 fully saturated rings. The summed E-state index contributed by atoms with van der Waals surface area (Å²) in [7, 11) is 0. The zero-order valence-corrected chi connectivity index (χ0v) is 34.0. The van der Waals surface area contributed by atoms with Gasteiger partial charge in [0.1, 0.15) is 0 Å². The molecule has 296 valence electrons. The molecule has 12 rings (SSSR count). The normalized spacial score (nSPS) is 12.8. The first-order valence-corrected chi connectivity index (χ1v) is 21.2. The minimum absolute atomic E-state index is 0.595. The van der Waals surface area contributed by atoms with E-state index in [2.05, 4.69) is 182 Å². The molecule has 1 aliphatic carbocycles. The summed E-state index contributed by atoms with van der Waals surface area (Å²) in [6, 6.07) is 78.1. The second-order valence-corrected chi connectivity index (χ2v) is 15.9. The van der Waals surface area contributed by atoms with Crippen molar-refractivity contribution in [2.75, 3.05) is 0 Å². The van der Waals surface area contributed by atoms with E-state index in [-0.39, 0.29) is 0 Å². The van der Waals surface area contributed by atoms with Crippen molar-refractivity contribution in [3.05, 3.63) is 247 Å². The minimum Gasteiger partial charge on any atom is -0.450 e. The third-order valence-corrected chi connectivity index (χ3v) is 12.3. The third kappa shape index (κ3) is 6.21. The lowest BCUT2D eigenvalue weighted by atomic mass is 9.67. The van der Waals surface area contributed by atoms with E-state index in [1.165, 1.54) is 22.3 Å². The van der Waals surface area contributed by atoms with E-state index >= 15 is 0 Å². The van der Waals surface area contributed by atoms with Gasteiger partial charge in [-0.1, -0.05) is 194 Å². The van der Waals surface area contributed by atoms with E-state index < -0.39 is 5.41 Å². The van der Waals surface area contributed by atoms with Crippen LogP contribution in [-0.2, 0) is 5.41 Å². The fourth-order valence-corrected chi connectivity index (χ4v) is 9.33. The van der Waals surface area contributed by atoms with Crippen molar-refractivity contribution in [3.63, 3.8) is 0 Å². The molecule has 0 atom stereocenters. The van der Waals surface area contributed by atoms with Gasteiger partial charge in [0.05, 0.1) is 5.41 Å². The van der Waals surface area contributed by atoms with Gasteiger partial charge >= 0.3 is 0 Å². The summed E-state index contributed by atoms with van der Waals surface area (Å²) in [5.74, 6) is 4.59. The molecule has 1 aromatic heterocycles. The van der Waals surface area contributed by atoms with Gasteiger partial charge in [0, 0.05) is 16.7 Å². The highest BCUT2D eigenvalue weighted by atomic mass is 16.6. The molecular weight excluding hydrogens is 771 g/mol. The van der Waals surface area contributed by atoms with Crippen molar-refractivity contribution in [1.29, 1.82) is 0 Å². The largest absolute Gasteiger partial charge is 0.450 e. The molecule has 0 amide bonds. The smallest absolute Gasteiger partial charge is 0.170 e. The number of hydrogen-bond donors (Lipinski definition) is 0. The average molecular weight is 808 g/mol. The van der Waals surface area contributed by atoms with Crippen LogP contribution in [0.15, 0.2) is 224 Å². The molecule has 1 aliphatic heterocycles. The summed E-state index contributed by atoms with van der Waals surface area (Å²) >= 11 is 0. The van der Waals surface area contributed by atoms with Crippen LogP contribution in [0.3, 0.4) is 0 Å². The number of ether oxygens (including phenoxy) is 2. The fraction of sp³-hybridized carbons (Fsp3) is 0.0172. The number of nitrogens with zero attached hydrogens (tertiary/aromatic N) is 3. The molecule has 0 saturated heterocycles. The Hall–Kier alpha value is -8.41. The molecule has 0 radical (unpaired) electrons. The Morgan fingerprint density at radius 3 is 1.30 bits per heavy atom. The Labute approximate surface area is 365 Å². The van der Waals surface area contributed by atoms with Gasteiger partial charge in [-0.15, -0.1) is 0 Å². The summed E-state index contributed by atoms with van der Waals surface area (Å²) < 4.78 is 12.9. The Kier molecular flexibility index (Phi) is 8.64. The van der Waals surface area contributed by atoms with Crippen LogP contribution in [0.2, 0.25) is 0 Å². The summed E-state index contributed by atoms with van der Waals surface area (Å²) in [5.41, 5.74) is 13.6. The van der Waals surface area contributed by atoms with Gasteiger partial charge in [0.25, 0.3) is 0 Å². The zero-order chi connectivity index (χ0) is 41.7. The van der Waals surface area contributed by atoms with Crippen molar-refractivity contribution in [2.45, 2.75) is 5.41 Å². The predicted octanol–water partition coefficient (Wildman–Crippen LogP) is 14.5. The first-order chi connectivity index (χ1) is 31.2. The molecule has 0 unspecified atom stereocenters. The quantitative estimate of drug-likeness (QED) is 0.161. The van der Waals surface area contributed by atoms with Gasteiger partial charge in [0.2, 0.25) is 0 Å². The van der Waals surface area contributed by atoms with Crippen molar-refractivity contribution in [3.8, 4) is 90.5 Å². The molecular formula is C58H37N3O2. The van der Waals surface area contributed by atoms with E-state index in [1.54, 1.807) is 0 Å². The van der Waals surface area contributed by atoms with Gasteiger partial charge in [-0.3, -0.25) is 0 Å². The maximum atomic E-state index is 6.52. The zero-order valence-electron chi connectivity index (χ0n) is 34.0. The SMILES string of the molecule is c1ccc(-c2ccc(-c3nc(-c4ccc(C5(c6ccc7c(c6)Oc6ccccc6O7)c6ccccc6-c6ccccc65)cc4)nc(-c4cccc(-c5ccccc5)c4)n3)cc2)cc1. The van der Waals surface area contributed by atoms with Crippen LogP contribution < -0.4 is 9.47 Å². The van der Waals surface area contributed by atoms with Crippen LogP contribution in [0.4, 0.5) is 0 Å². The molecule has 2 heterocycles. The molecule has 0 bridgehead atoms. The highest BCUT2D eigenvalue weighted by Crippen LogP contribution is 2.58.